The van der Waals surface area contributed by atoms with Crippen LogP contribution in [-0.2, 0) is 19.1 Å². The number of carbonyl (C=O) groups excluding carboxylic acids is 2. The number of aliphatic hydroxyl groups is 1. The first-order valence-corrected chi connectivity index (χ1v) is 29.2. The normalized spacial score (nSPS) is 12.5. The lowest BCUT2D eigenvalue weighted by Crippen LogP contribution is -2.28. The minimum atomic E-state index is -0.773. The molecule has 66 heavy (non-hydrogen) atoms. The lowest BCUT2D eigenvalue weighted by atomic mass is 10.0. The van der Waals surface area contributed by atoms with Crippen LogP contribution in [0.25, 0.3) is 0 Å². The molecule has 0 aromatic rings. The van der Waals surface area contributed by atoms with Crippen LogP contribution in [0.1, 0.15) is 309 Å². The predicted octanol–water partition coefficient (Wildman–Crippen LogP) is 19.6. The van der Waals surface area contributed by atoms with Gasteiger partial charge in [-0.3, -0.25) is 9.59 Å². The van der Waals surface area contributed by atoms with E-state index in [-0.39, 0.29) is 25.2 Å². The number of hydrogen-bond donors (Lipinski definition) is 1. The van der Waals surface area contributed by atoms with Crippen molar-refractivity contribution in [3.05, 3.63) is 48.6 Å². The maximum Gasteiger partial charge on any atom is 0.306 e. The minimum Gasteiger partial charge on any atom is -0.462 e. The fourth-order valence-corrected chi connectivity index (χ4v) is 8.68. The summed E-state index contributed by atoms with van der Waals surface area (Å²) >= 11 is 0. The van der Waals surface area contributed by atoms with Gasteiger partial charge in [-0.05, 0) is 77.0 Å². The second-order valence-corrected chi connectivity index (χ2v) is 19.7. The Labute approximate surface area is 411 Å². The summed E-state index contributed by atoms with van der Waals surface area (Å²) in [5.41, 5.74) is 0. The number of carbonyl (C=O) groups is 2. The molecule has 0 saturated heterocycles. The molecule has 0 aliphatic heterocycles. The highest BCUT2D eigenvalue weighted by Gasteiger charge is 2.16. The average molecular weight is 926 g/mol. The van der Waals surface area contributed by atoms with Gasteiger partial charge in [0, 0.05) is 12.8 Å². The summed E-state index contributed by atoms with van der Waals surface area (Å²) in [5, 5.41) is 9.66. The molecule has 0 spiro atoms. The van der Waals surface area contributed by atoms with Crippen LogP contribution in [0.2, 0.25) is 0 Å². The average Bonchev–Trinajstić information content (AvgIpc) is 3.32. The van der Waals surface area contributed by atoms with Crippen molar-refractivity contribution in [1.29, 1.82) is 0 Å². The zero-order valence-electron chi connectivity index (χ0n) is 44.2. The van der Waals surface area contributed by atoms with E-state index in [2.05, 4.69) is 62.5 Å². The van der Waals surface area contributed by atoms with Crippen LogP contribution in [0, 0.1) is 0 Å². The number of aliphatic hydroxyl groups excluding tert-OH is 1. The van der Waals surface area contributed by atoms with E-state index in [0.717, 1.165) is 51.4 Å². The Kier molecular flexibility index (Phi) is 55.3. The molecule has 0 aromatic carbocycles. The van der Waals surface area contributed by atoms with Gasteiger partial charge in [0.2, 0.25) is 0 Å². The van der Waals surface area contributed by atoms with Gasteiger partial charge in [-0.15, -0.1) is 0 Å². The Balaban J connectivity index is 3.45. The molecule has 0 aliphatic rings. The molecule has 0 bridgehead atoms. The van der Waals surface area contributed by atoms with E-state index in [1.807, 2.05) is 0 Å². The number of rotatable bonds is 54. The quantitative estimate of drug-likeness (QED) is 0.0374. The molecule has 0 aliphatic carbocycles. The van der Waals surface area contributed by atoms with Crippen molar-refractivity contribution in [3.8, 4) is 0 Å². The van der Waals surface area contributed by atoms with Crippen LogP contribution < -0.4 is 0 Å². The molecule has 1 atom stereocenters. The molecule has 1 unspecified atom stereocenters. The van der Waals surface area contributed by atoms with Crippen molar-refractivity contribution in [3.63, 3.8) is 0 Å². The largest absolute Gasteiger partial charge is 0.462 e. The van der Waals surface area contributed by atoms with Crippen molar-refractivity contribution in [2.75, 3.05) is 13.2 Å². The highest BCUT2D eigenvalue weighted by Crippen LogP contribution is 2.17. The Morgan fingerprint density at radius 3 is 0.894 bits per heavy atom. The van der Waals surface area contributed by atoms with Gasteiger partial charge in [-0.1, -0.05) is 268 Å². The van der Waals surface area contributed by atoms with Crippen molar-refractivity contribution >= 4 is 11.9 Å². The summed E-state index contributed by atoms with van der Waals surface area (Å²) < 4.78 is 10.7. The molecule has 0 saturated carbocycles. The highest BCUT2D eigenvalue weighted by atomic mass is 16.6. The van der Waals surface area contributed by atoms with E-state index in [9.17, 15) is 14.7 Å². The van der Waals surface area contributed by atoms with E-state index in [0.29, 0.717) is 12.8 Å². The van der Waals surface area contributed by atoms with Gasteiger partial charge >= 0.3 is 11.9 Å². The van der Waals surface area contributed by atoms with Gasteiger partial charge in [0.1, 0.15) is 6.61 Å². The molecule has 386 valence electrons. The Bertz CT molecular complexity index is 1090. The number of unbranched alkanes of at least 4 members (excludes halogenated alkanes) is 38. The first kappa shape index (κ1) is 63.9. The lowest BCUT2D eigenvalue weighted by molar-refractivity contribution is -0.161. The van der Waals surface area contributed by atoms with Gasteiger partial charge in [-0.25, -0.2) is 0 Å². The number of allylic oxidation sites excluding steroid dienone is 8. The molecule has 0 fully saturated rings. The monoisotopic (exact) mass is 925 g/mol. The van der Waals surface area contributed by atoms with Gasteiger partial charge < -0.3 is 14.6 Å². The molecular weight excluding hydrogens is 813 g/mol. The second kappa shape index (κ2) is 57.2. The zero-order chi connectivity index (χ0) is 47.7. The number of hydrogen-bond acceptors (Lipinski definition) is 5. The summed E-state index contributed by atoms with van der Waals surface area (Å²) in [5.74, 6) is -0.579. The summed E-state index contributed by atoms with van der Waals surface area (Å²) in [6.45, 7) is 4.16. The maximum atomic E-state index is 12.3. The van der Waals surface area contributed by atoms with E-state index < -0.39 is 6.10 Å². The standard InChI is InChI=1S/C61H112O5/c1-3-5-7-9-11-13-15-17-19-21-23-25-27-28-29-30-31-32-34-36-38-40-42-44-46-48-50-52-54-56-61(64)66-59(57-62)58-65-60(63)55-53-51-49-47-45-43-41-39-37-35-33-26-24-22-20-18-16-14-12-10-8-6-4-2/h15-18,21-24,59,62H,3-14,19-20,25-58H2,1-2H3/b17-15-,18-16-,23-21-,24-22-. The molecule has 5 nitrogen and oxygen atoms in total. The van der Waals surface area contributed by atoms with Crippen LogP contribution in [0.4, 0.5) is 0 Å². The first-order valence-electron chi connectivity index (χ1n) is 29.2. The molecule has 5 heteroatoms. The van der Waals surface area contributed by atoms with Gasteiger partial charge in [0.15, 0.2) is 6.10 Å². The molecule has 0 radical (unpaired) electrons. The summed E-state index contributed by atoms with van der Waals surface area (Å²) in [7, 11) is 0. The van der Waals surface area contributed by atoms with E-state index in [1.165, 1.54) is 231 Å². The summed E-state index contributed by atoms with van der Waals surface area (Å²) in [4.78, 5) is 24.5. The van der Waals surface area contributed by atoms with Crippen LogP contribution >= 0.6 is 0 Å². The number of ether oxygens (including phenoxy) is 2. The Hall–Kier alpha value is -2.14. The van der Waals surface area contributed by atoms with Crippen molar-refractivity contribution in [2.45, 2.75) is 315 Å². The van der Waals surface area contributed by atoms with Crippen LogP contribution in [0.5, 0.6) is 0 Å². The zero-order valence-corrected chi connectivity index (χ0v) is 44.2. The van der Waals surface area contributed by atoms with E-state index in [4.69, 9.17) is 9.47 Å². The van der Waals surface area contributed by atoms with Crippen LogP contribution in [-0.4, -0.2) is 36.4 Å². The fraction of sp³-hybridized carbons (Fsp3) is 0.836. The molecular formula is C61H112O5. The van der Waals surface area contributed by atoms with E-state index in [1.54, 1.807) is 0 Å². The summed E-state index contributed by atoms with van der Waals surface area (Å²) in [6, 6.07) is 0. The second-order valence-electron chi connectivity index (χ2n) is 19.7. The van der Waals surface area contributed by atoms with Gasteiger partial charge in [0.25, 0.3) is 0 Å². The fourth-order valence-electron chi connectivity index (χ4n) is 8.68. The first-order chi connectivity index (χ1) is 32.6. The summed E-state index contributed by atoms with van der Waals surface area (Å²) in [6.07, 6.45) is 75.2. The third-order valence-electron chi connectivity index (χ3n) is 13.1. The maximum absolute atomic E-state index is 12.3. The molecule has 1 N–H and O–H groups in total. The minimum absolute atomic E-state index is 0.0642. The third kappa shape index (κ3) is 54.5. The third-order valence-corrected chi connectivity index (χ3v) is 13.1. The molecule has 0 heterocycles. The van der Waals surface area contributed by atoms with Gasteiger partial charge in [-0.2, -0.15) is 0 Å². The Morgan fingerprint density at radius 2 is 0.606 bits per heavy atom. The van der Waals surface area contributed by atoms with Crippen molar-refractivity contribution in [2.24, 2.45) is 0 Å². The molecule has 0 rings (SSSR count). The predicted molar refractivity (Wildman–Crippen MR) is 288 cm³/mol. The van der Waals surface area contributed by atoms with Crippen LogP contribution in [0.3, 0.4) is 0 Å². The smallest absolute Gasteiger partial charge is 0.306 e. The lowest BCUT2D eigenvalue weighted by Gasteiger charge is -2.15. The number of esters is 2. The topological polar surface area (TPSA) is 72.8 Å². The van der Waals surface area contributed by atoms with Crippen LogP contribution in [0.15, 0.2) is 48.6 Å². The highest BCUT2D eigenvalue weighted by molar-refractivity contribution is 5.70. The van der Waals surface area contributed by atoms with Gasteiger partial charge in [0.05, 0.1) is 6.61 Å². The van der Waals surface area contributed by atoms with E-state index >= 15 is 0 Å². The Morgan fingerprint density at radius 1 is 0.348 bits per heavy atom. The van der Waals surface area contributed by atoms with Crippen molar-refractivity contribution in [1.82, 2.24) is 0 Å². The van der Waals surface area contributed by atoms with Crippen molar-refractivity contribution < 1.29 is 24.2 Å². The molecule has 0 amide bonds. The SMILES string of the molecule is CCCCCCC/C=C\C/C=C\CCCCCCCCCCCCCCCCCCCC(=O)OC(CO)COC(=O)CCCCCCCCCCCCC/C=C\C/C=C\CCCCCCC. The molecule has 0 aromatic heterocycles.